The van der Waals surface area contributed by atoms with Crippen LogP contribution < -0.4 is 5.32 Å². The number of fused-ring (bicyclic) bond motifs is 3. The molecule has 2 aliphatic heterocycles. The number of piperazine rings is 1. The van der Waals surface area contributed by atoms with Crippen molar-refractivity contribution in [2.75, 3.05) is 19.6 Å². The molecule has 6 nitrogen and oxygen atoms in total. The first-order valence-electron chi connectivity index (χ1n) is 11.7. The minimum absolute atomic E-state index is 0.0317. The van der Waals surface area contributed by atoms with Crippen molar-refractivity contribution in [3.8, 4) is 0 Å². The van der Waals surface area contributed by atoms with Gasteiger partial charge in [0.2, 0.25) is 11.8 Å². The summed E-state index contributed by atoms with van der Waals surface area (Å²) < 4.78 is 0. The molecule has 0 spiro atoms. The Labute approximate surface area is 199 Å². The molecule has 2 aliphatic rings. The normalized spacial score (nSPS) is 18.0. The van der Waals surface area contributed by atoms with E-state index in [0.717, 1.165) is 17.5 Å². The Kier molecular flexibility index (Phi) is 6.12. The Morgan fingerprint density at radius 1 is 0.912 bits per heavy atom. The van der Waals surface area contributed by atoms with Crippen molar-refractivity contribution in [2.24, 2.45) is 0 Å². The van der Waals surface area contributed by atoms with E-state index < -0.39 is 6.04 Å². The van der Waals surface area contributed by atoms with E-state index in [1.54, 1.807) is 29.2 Å². The van der Waals surface area contributed by atoms with E-state index in [-0.39, 0.29) is 30.3 Å². The Morgan fingerprint density at radius 3 is 2.35 bits per heavy atom. The van der Waals surface area contributed by atoms with E-state index >= 15 is 0 Å². The summed E-state index contributed by atoms with van der Waals surface area (Å²) in [4.78, 5) is 43.2. The Morgan fingerprint density at radius 2 is 1.59 bits per heavy atom. The molecular formula is C28H27N3O3. The van der Waals surface area contributed by atoms with Gasteiger partial charge in [-0.3, -0.25) is 14.4 Å². The fourth-order valence-corrected chi connectivity index (χ4v) is 4.94. The predicted octanol–water partition coefficient (Wildman–Crippen LogP) is 3.00. The third-order valence-electron chi connectivity index (χ3n) is 6.69. The Balaban J connectivity index is 1.40. The molecule has 0 radical (unpaired) electrons. The van der Waals surface area contributed by atoms with Crippen molar-refractivity contribution in [1.82, 2.24) is 15.1 Å². The van der Waals surface area contributed by atoms with Crippen molar-refractivity contribution >= 4 is 17.7 Å². The molecule has 3 aromatic rings. The maximum Gasteiger partial charge on any atom is 0.251 e. The monoisotopic (exact) mass is 453 g/mol. The van der Waals surface area contributed by atoms with Gasteiger partial charge in [-0.15, -0.1) is 0 Å². The molecular weight excluding hydrogens is 426 g/mol. The van der Waals surface area contributed by atoms with Crippen molar-refractivity contribution in [1.29, 1.82) is 0 Å². The summed E-state index contributed by atoms with van der Waals surface area (Å²) in [6, 6.07) is 25.7. The smallest absolute Gasteiger partial charge is 0.251 e. The van der Waals surface area contributed by atoms with Gasteiger partial charge in [0, 0.05) is 25.1 Å². The van der Waals surface area contributed by atoms with Gasteiger partial charge in [0.15, 0.2) is 0 Å². The van der Waals surface area contributed by atoms with Crippen LogP contribution in [0.2, 0.25) is 0 Å². The molecule has 1 saturated heterocycles. The number of nitrogens with one attached hydrogen (secondary N) is 1. The predicted molar refractivity (Wildman–Crippen MR) is 129 cm³/mol. The fourth-order valence-electron chi connectivity index (χ4n) is 4.94. The maximum atomic E-state index is 13.7. The molecule has 34 heavy (non-hydrogen) atoms. The highest BCUT2D eigenvalue weighted by molar-refractivity contribution is 5.98. The second-order valence-electron chi connectivity index (χ2n) is 8.85. The molecule has 1 unspecified atom stereocenters. The van der Waals surface area contributed by atoms with Crippen molar-refractivity contribution in [3.05, 3.63) is 107 Å². The maximum absolute atomic E-state index is 13.7. The standard InChI is InChI=1S/C28H27N3O3/c32-26-19-30(18-25-23-14-8-7-11-21(23)15-16-31(25)26)28(34)24(17-20-9-3-1-4-10-20)29-27(33)22-12-5-2-6-13-22/h1-14,24-25H,15-19H2,(H,29,33)/t24-,25?/m0/s1. The quantitative estimate of drug-likeness (QED) is 0.646. The van der Waals surface area contributed by atoms with E-state index in [0.29, 0.717) is 25.1 Å². The molecule has 0 bridgehead atoms. The summed E-state index contributed by atoms with van der Waals surface area (Å²) in [5.74, 6) is -0.584. The van der Waals surface area contributed by atoms with Gasteiger partial charge in [0.1, 0.15) is 6.04 Å². The van der Waals surface area contributed by atoms with E-state index in [1.165, 1.54) is 5.56 Å². The molecule has 3 amide bonds. The summed E-state index contributed by atoms with van der Waals surface area (Å²) in [5, 5.41) is 2.93. The molecule has 0 aliphatic carbocycles. The number of hydrogen-bond donors (Lipinski definition) is 1. The van der Waals surface area contributed by atoms with Crippen molar-refractivity contribution in [2.45, 2.75) is 24.9 Å². The average Bonchev–Trinajstić information content (AvgIpc) is 2.88. The molecule has 172 valence electrons. The molecule has 5 rings (SSSR count). The van der Waals surface area contributed by atoms with Gasteiger partial charge in [0.05, 0.1) is 12.6 Å². The minimum atomic E-state index is -0.770. The highest BCUT2D eigenvalue weighted by atomic mass is 16.2. The van der Waals surface area contributed by atoms with Gasteiger partial charge in [-0.25, -0.2) is 0 Å². The van der Waals surface area contributed by atoms with Gasteiger partial charge < -0.3 is 15.1 Å². The molecule has 3 aromatic carbocycles. The fraction of sp³-hybridized carbons (Fsp3) is 0.250. The first-order valence-corrected chi connectivity index (χ1v) is 11.7. The lowest BCUT2D eigenvalue weighted by atomic mass is 9.90. The van der Waals surface area contributed by atoms with Crippen LogP contribution in [-0.4, -0.2) is 53.2 Å². The van der Waals surface area contributed by atoms with Gasteiger partial charge in [-0.2, -0.15) is 0 Å². The lowest BCUT2D eigenvalue weighted by molar-refractivity contribution is -0.150. The zero-order chi connectivity index (χ0) is 23.5. The number of benzene rings is 3. The van der Waals surface area contributed by atoms with Gasteiger partial charge in [0.25, 0.3) is 5.91 Å². The van der Waals surface area contributed by atoms with Gasteiger partial charge >= 0.3 is 0 Å². The SMILES string of the molecule is O=C(N[C@@H](Cc1ccccc1)C(=O)N1CC(=O)N2CCc3ccccc3C2C1)c1ccccc1. The van der Waals surface area contributed by atoms with Gasteiger partial charge in [-0.05, 0) is 35.2 Å². The number of carbonyl (C=O) groups excluding carboxylic acids is 3. The number of hydrogen-bond acceptors (Lipinski definition) is 3. The first-order chi connectivity index (χ1) is 16.6. The highest BCUT2D eigenvalue weighted by Crippen LogP contribution is 2.33. The second-order valence-corrected chi connectivity index (χ2v) is 8.85. The molecule has 2 atom stereocenters. The van der Waals surface area contributed by atoms with Crippen LogP contribution in [0.5, 0.6) is 0 Å². The zero-order valence-electron chi connectivity index (χ0n) is 18.9. The molecule has 1 N–H and O–H groups in total. The molecule has 0 aromatic heterocycles. The van der Waals surface area contributed by atoms with Crippen LogP contribution in [-0.2, 0) is 22.4 Å². The average molecular weight is 454 g/mol. The summed E-state index contributed by atoms with van der Waals surface area (Å²) in [5.41, 5.74) is 3.77. The topological polar surface area (TPSA) is 69.7 Å². The van der Waals surface area contributed by atoms with E-state index in [1.807, 2.05) is 59.5 Å². The summed E-state index contributed by atoms with van der Waals surface area (Å²) in [6.45, 7) is 1.12. The van der Waals surface area contributed by atoms with Crippen LogP contribution in [0.25, 0.3) is 0 Å². The number of amides is 3. The van der Waals surface area contributed by atoms with Crippen molar-refractivity contribution < 1.29 is 14.4 Å². The molecule has 0 saturated carbocycles. The lowest BCUT2D eigenvalue weighted by Crippen LogP contribution is -2.59. The van der Waals surface area contributed by atoms with Crippen LogP contribution in [0.15, 0.2) is 84.9 Å². The summed E-state index contributed by atoms with van der Waals surface area (Å²) in [6.07, 6.45) is 1.18. The van der Waals surface area contributed by atoms with Gasteiger partial charge in [-0.1, -0.05) is 72.8 Å². The van der Waals surface area contributed by atoms with E-state index in [4.69, 9.17) is 0 Å². The van der Waals surface area contributed by atoms with Crippen LogP contribution in [0.3, 0.4) is 0 Å². The van der Waals surface area contributed by atoms with Crippen LogP contribution in [0, 0.1) is 0 Å². The molecule has 6 heteroatoms. The highest BCUT2D eigenvalue weighted by Gasteiger charge is 2.40. The van der Waals surface area contributed by atoms with Crippen molar-refractivity contribution in [3.63, 3.8) is 0 Å². The summed E-state index contributed by atoms with van der Waals surface area (Å²) >= 11 is 0. The number of nitrogens with zero attached hydrogens (tertiary/aromatic N) is 2. The van der Waals surface area contributed by atoms with Crippen LogP contribution in [0.1, 0.15) is 33.1 Å². The van der Waals surface area contributed by atoms with E-state index in [2.05, 4.69) is 11.4 Å². The summed E-state index contributed by atoms with van der Waals surface area (Å²) in [7, 11) is 0. The minimum Gasteiger partial charge on any atom is -0.340 e. The zero-order valence-corrected chi connectivity index (χ0v) is 18.9. The third-order valence-corrected chi connectivity index (χ3v) is 6.69. The second kappa shape index (κ2) is 9.51. The Bertz CT molecular complexity index is 1200. The lowest BCUT2D eigenvalue weighted by Gasteiger charge is -2.45. The number of carbonyl (C=O) groups is 3. The molecule has 2 heterocycles. The first kappa shape index (κ1) is 21.9. The van der Waals surface area contributed by atoms with Crippen LogP contribution in [0.4, 0.5) is 0 Å². The third kappa shape index (κ3) is 4.44. The van der Waals surface area contributed by atoms with E-state index in [9.17, 15) is 14.4 Å². The number of rotatable bonds is 5. The largest absolute Gasteiger partial charge is 0.340 e. The Hall–Kier alpha value is -3.93. The van der Waals surface area contributed by atoms with Crippen LogP contribution >= 0.6 is 0 Å². The molecule has 1 fully saturated rings.